The van der Waals surface area contributed by atoms with Gasteiger partial charge >= 0.3 is 12.1 Å². The first-order valence-electron chi connectivity index (χ1n) is 13.2. The normalized spacial score (nSPS) is 19.2. The van der Waals surface area contributed by atoms with Crippen LogP contribution in [0, 0.1) is 0 Å². The number of nitrogens with zero attached hydrogens (tertiary/aromatic N) is 3. The molecule has 0 unspecified atom stereocenters. The van der Waals surface area contributed by atoms with Crippen LogP contribution in [0.4, 0.5) is 10.5 Å². The van der Waals surface area contributed by atoms with Crippen molar-refractivity contribution in [2.75, 3.05) is 70.3 Å². The molecule has 200 valence electrons. The molecule has 1 heterocycles. The standard InChI is InChI=1S/C26H41N5O5/c32-24(20-29-16-13-27-11-12-28-14-17-30(19-18-29)26(35)36)31(15-10-25(33)34)23-8-6-22(7-9-23)21-4-2-1-3-5-21/h6-9,21,27-28H,1-5,10-20H2,(H,33,34)(H,35,36). The smallest absolute Gasteiger partial charge is 0.407 e. The van der Waals surface area contributed by atoms with Crippen LogP contribution in [0.5, 0.6) is 0 Å². The molecule has 1 aromatic carbocycles. The first-order chi connectivity index (χ1) is 17.4. The molecule has 0 bridgehead atoms. The van der Waals surface area contributed by atoms with Crippen LogP contribution >= 0.6 is 0 Å². The number of hydrogen-bond acceptors (Lipinski definition) is 6. The molecule has 2 fully saturated rings. The van der Waals surface area contributed by atoms with E-state index in [-0.39, 0.29) is 25.4 Å². The fraction of sp³-hybridized carbons (Fsp3) is 0.654. The van der Waals surface area contributed by atoms with Gasteiger partial charge in [0.05, 0.1) is 13.0 Å². The second kappa shape index (κ2) is 14.8. The minimum atomic E-state index is -0.973. The number of rotatable bonds is 7. The largest absolute Gasteiger partial charge is 0.481 e. The molecule has 36 heavy (non-hydrogen) atoms. The van der Waals surface area contributed by atoms with Crippen LogP contribution in [0.15, 0.2) is 24.3 Å². The van der Waals surface area contributed by atoms with Crippen molar-refractivity contribution < 1.29 is 24.6 Å². The van der Waals surface area contributed by atoms with Crippen LogP contribution in [-0.2, 0) is 9.59 Å². The van der Waals surface area contributed by atoms with Crippen LogP contribution in [0.2, 0.25) is 0 Å². The summed E-state index contributed by atoms with van der Waals surface area (Å²) in [4.78, 5) is 41.2. The van der Waals surface area contributed by atoms with E-state index in [2.05, 4.69) is 22.8 Å². The van der Waals surface area contributed by atoms with E-state index in [1.165, 1.54) is 42.6 Å². The molecule has 0 atom stereocenters. The van der Waals surface area contributed by atoms with E-state index in [0.717, 1.165) is 13.1 Å². The van der Waals surface area contributed by atoms with Crippen LogP contribution in [0.3, 0.4) is 0 Å². The SMILES string of the molecule is O=C(O)CCN(C(=O)CN1CCNCCNCCN(C(=O)O)CC1)c1ccc(C2CCCCC2)cc1. The van der Waals surface area contributed by atoms with Crippen LogP contribution in [-0.4, -0.2) is 103 Å². The molecule has 1 saturated heterocycles. The first kappa shape index (κ1) is 27.9. The first-order valence-corrected chi connectivity index (χ1v) is 13.2. The number of carboxylic acids is 1. The third-order valence-corrected chi connectivity index (χ3v) is 7.09. The molecule has 2 aliphatic rings. The number of anilines is 1. The lowest BCUT2D eigenvalue weighted by Gasteiger charge is -2.30. The average Bonchev–Trinajstić information content (AvgIpc) is 2.86. The highest BCUT2D eigenvalue weighted by Crippen LogP contribution is 2.33. The Bertz CT molecular complexity index is 844. The maximum absolute atomic E-state index is 13.4. The summed E-state index contributed by atoms with van der Waals surface area (Å²) in [6.45, 7) is 4.64. The van der Waals surface area contributed by atoms with Crippen molar-refractivity contribution in [1.82, 2.24) is 20.4 Å². The molecule has 10 nitrogen and oxygen atoms in total. The lowest BCUT2D eigenvalue weighted by molar-refractivity contribution is -0.136. The van der Waals surface area contributed by atoms with Crippen LogP contribution in [0.1, 0.15) is 50.0 Å². The molecule has 4 N–H and O–H groups in total. The molecular formula is C26H41N5O5. The number of carbonyl (C=O) groups excluding carboxylic acids is 1. The Kier molecular flexibility index (Phi) is 11.4. The van der Waals surface area contributed by atoms with Gasteiger partial charge in [0.2, 0.25) is 5.91 Å². The van der Waals surface area contributed by atoms with Gasteiger partial charge in [0, 0.05) is 64.6 Å². The maximum atomic E-state index is 13.4. The molecule has 1 saturated carbocycles. The van der Waals surface area contributed by atoms with Gasteiger partial charge in [0.25, 0.3) is 0 Å². The fourth-order valence-corrected chi connectivity index (χ4v) is 4.96. The quantitative estimate of drug-likeness (QED) is 0.445. The van der Waals surface area contributed by atoms with Crippen molar-refractivity contribution in [3.63, 3.8) is 0 Å². The number of hydrogen-bond donors (Lipinski definition) is 4. The lowest BCUT2D eigenvalue weighted by Crippen LogP contribution is -2.48. The average molecular weight is 504 g/mol. The second-order valence-corrected chi connectivity index (χ2v) is 9.66. The van der Waals surface area contributed by atoms with Gasteiger partial charge in [-0.3, -0.25) is 14.5 Å². The number of amides is 2. The zero-order valence-electron chi connectivity index (χ0n) is 21.2. The van der Waals surface area contributed by atoms with Crippen molar-refractivity contribution in [3.05, 3.63) is 29.8 Å². The van der Waals surface area contributed by atoms with Crippen LogP contribution < -0.4 is 15.5 Å². The molecule has 3 rings (SSSR count). The number of nitrogens with one attached hydrogen (secondary N) is 2. The van der Waals surface area contributed by atoms with Gasteiger partial charge in [-0.15, -0.1) is 0 Å². The number of carbonyl (C=O) groups is 3. The summed E-state index contributed by atoms with van der Waals surface area (Å²) in [5.74, 6) is -0.580. The van der Waals surface area contributed by atoms with Crippen molar-refractivity contribution in [1.29, 1.82) is 0 Å². The highest BCUT2D eigenvalue weighted by molar-refractivity contribution is 5.95. The minimum absolute atomic E-state index is 0.0932. The molecule has 2 amide bonds. The Morgan fingerprint density at radius 1 is 0.861 bits per heavy atom. The van der Waals surface area contributed by atoms with E-state index >= 15 is 0 Å². The highest BCUT2D eigenvalue weighted by Gasteiger charge is 2.22. The summed E-state index contributed by atoms with van der Waals surface area (Å²) < 4.78 is 0. The monoisotopic (exact) mass is 503 g/mol. The van der Waals surface area contributed by atoms with Gasteiger partial charge < -0.3 is 30.6 Å². The van der Waals surface area contributed by atoms with Gasteiger partial charge in [0.1, 0.15) is 0 Å². The van der Waals surface area contributed by atoms with Crippen molar-refractivity contribution in [3.8, 4) is 0 Å². The Morgan fingerprint density at radius 3 is 2.17 bits per heavy atom. The van der Waals surface area contributed by atoms with E-state index in [9.17, 15) is 24.6 Å². The molecule has 0 aromatic heterocycles. The molecule has 1 aromatic rings. The predicted molar refractivity (Wildman–Crippen MR) is 139 cm³/mol. The minimum Gasteiger partial charge on any atom is -0.481 e. The lowest BCUT2D eigenvalue weighted by atomic mass is 9.84. The third-order valence-electron chi connectivity index (χ3n) is 7.09. The van der Waals surface area contributed by atoms with E-state index in [0.29, 0.717) is 50.9 Å². The zero-order valence-corrected chi connectivity index (χ0v) is 21.2. The summed E-state index contributed by atoms with van der Waals surface area (Å²) >= 11 is 0. The number of carboxylic acid groups (broad SMARTS) is 2. The molecule has 10 heteroatoms. The van der Waals surface area contributed by atoms with Crippen molar-refractivity contribution >= 4 is 23.7 Å². The maximum Gasteiger partial charge on any atom is 0.407 e. The number of benzene rings is 1. The van der Waals surface area contributed by atoms with E-state index in [4.69, 9.17) is 0 Å². The van der Waals surface area contributed by atoms with E-state index in [1.54, 1.807) is 4.90 Å². The topological polar surface area (TPSA) is 125 Å². The highest BCUT2D eigenvalue weighted by atomic mass is 16.4. The summed E-state index contributed by atoms with van der Waals surface area (Å²) in [6, 6.07) is 8.01. The Morgan fingerprint density at radius 2 is 1.53 bits per heavy atom. The fourth-order valence-electron chi connectivity index (χ4n) is 4.96. The molecule has 0 spiro atoms. The van der Waals surface area contributed by atoms with Gasteiger partial charge in [-0.2, -0.15) is 0 Å². The third kappa shape index (κ3) is 9.07. The van der Waals surface area contributed by atoms with Crippen molar-refractivity contribution in [2.24, 2.45) is 0 Å². The van der Waals surface area contributed by atoms with Gasteiger partial charge in [-0.05, 0) is 36.5 Å². The number of aliphatic carboxylic acids is 1. The summed E-state index contributed by atoms with van der Waals surface area (Å²) in [5.41, 5.74) is 1.98. The summed E-state index contributed by atoms with van der Waals surface area (Å²) in [7, 11) is 0. The van der Waals surface area contributed by atoms with Gasteiger partial charge in [-0.25, -0.2) is 4.79 Å². The van der Waals surface area contributed by atoms with Crippen molar-refractivity contribution in [2.45, 2.75) is 44.4 Å². The van der Waals surface area contributed by atoms with Gasteiger partial charge in [-0.1, -0.05) is 31.4 Å². The molecule has 0 radical (unpaired) electrons. The van der Waals surface area contributed by atoms with Gasteiger partial charge in [0.15, 0.2) is 0 Å². The van der Waals surface area contributed by atoms with E-state index in [1.807, 2.05) is 17.0 Å². The Labute approximate surface area is 213 Å². The summed E-state index contributed by atoms with van der Waals surface area (Å²) in [6.07, 6.45) is 5.04. The molecule has 1 aliphatic heterocycles. The Balaban J connectivity index is 1.69. The molecule has 1 aliphatic carbocycles. The second-order valence-electron chi connectivity index (χ2n) is 9.66. The Hall–Kier alpha value is -2.69. The van der Waals surface area contributed by atoms with Crippen LogP contribution in [0.25, 0.3) is 0 Å². The predicted octanol–water partition coefficient (Wildman–Crippen LogP) is 2.02. The zero-order chi connectivity index (χ0) is 25.8. The summed E-state index contributed by atoms with van der Waals surface area (Å²) in [5, 5.41) is 25.3. The molecular weight excluding hydrogens is 462 g/mol. The van der Waals surface area contributed by atoms with E-state index < -0.39 is 12.1 Å².